The van der Waals surface area contributed by atoms with E-state index in [-0.39, 0.29) is 6.04 Å². The summed E-state index contributed by atoms with van der Waals surface area (Å²) in [5.74, 6) is 0.879. The van der Waals surface area contributed by atoms with Crippen LogP contribution in [0.5, 0.6) is 0 Å². The van der Waals surface area contributed by atoms with E-state index in [1.807, 2.05) is 17.9 Å². The van der Waals surface area contributed by atoms with Gasteiger partial charge in [-0.2, -0.15) is 5.10 Å². The van der Waals surface area contributed by atoms with Crippen LogP contribution >= 0.6 is 11.3 Å². The predicted molar refractivity (Wildman–Crippen MR) is 80.5 cm³/mol. The van der Waals surface area contributed by atoms with E-state index >= 15 is 0 Å². The highest BCUT2D eigenvalue weighted by Crippen LogP contribution is 2.28. The normalized spacial score (nSPS) is 12.6. The Morgan fingerprint density at radius 2 is 2.26 bits per heavy atom. The highest BCUT2D eigenvalue weighted by atomic mass is 32.1. The summed E-state index contributed by atoms with van der Waals surface area (Å²) in [6.07, 6.45) is 3.85. The van der Waals surface area contributed by atoms with E-state index in [1.165, 1.54) is 4.88 Å². The quantitative estimate of drug-likeness (QED) is 0.883. The van der Waals surface area contributed by atoms with Crippen molar-refractivity contribution in [2.75, 3.05) is 11.1 Å². The van der Waals surface area contributed by atoms with Gasteiger partial charge in [0.2, 0.25) is 0 Å². The molecule has 0 aliphatic rings. The van der Waals surface area contributed by atoms with E-state index in [2.05, 4.69) is 36.2 Å². The van der Waals surface area contributed by atoms with Crippen LogP contribution in [0.15, 0.2) is 6.20 Å². The number of nitrogens with zero attached hydrogens (tertiary/aromatic N) is 3. The summed E-state index contributed by atoms with van der Waals surface area (Å²) in [7, 11) is 1.91. The Balaban J connectivity index is 2.19. The highest BCUT2D eigenvalue weighted by molar-refractivity contribution is 7.11. The molecule has 0 fully saturated rings. The van der Waals surface area contributed by atoms with Crippen molar-refractivity contribution in [3.63, 3.8) is 0 Å². The number of nitrogens with two attached hydrogens (primary N) is 1. The zero-order valence-electron chi connectivity index (χ0n) is 11.9. The van der Waals surface area contributed by atoms with E-state index in [1.54, 1.807) is 11.3 Å². The number of nitrogen functional groups attached to an aromatic ring is 1. The molecule has 104 valence electrons. The Morgan fingerprint density at radius 1 is 1.53 bits per heavy atom. The fourth-order valence-electron chi connectivity index (χ4n) is 2.03. The first-order chi connectivity index (χ1) is 9.02. The van der Waals surface area contributed by atoms with Crippen molar-refractivity contribution in [3.05, 3.63) is 21.8 Å². The standard InChI is InChI=1S/C13H21N5S/c1-5-6-10-11(14)12(18(4)17-10)16-9(3)13-15-7-8(2)19-13/h7,9,16H,5-6,14H2,1-4H3. The largest absolute Gasteiger partial charge is 0.394 e. The number of hydrogen-bond acceptors (Lipinski definition) is 5. The van der Waals surface area contributed by atoms with Crippen molar-refractivity contribution in [2.24, 2.45) is 7.05 Å². The van der Waals surface area contributed by atoms with E-state index in [4.69, 9.17) is 5.73 Å². The van der Waals surface area contributed by atoms with Crippen molar-refractivity contribution in [1.82, 2.24) is 14.8 Å². The van der Waals surface area contributed by atoms with Gasteiger partial charge < -0.3 is 11.1 Å². The molecule has 0 aromatic carbocycles. The fourth-order valence-corrected chi connectivity index (χ4v) is 2.80. The Labute approximate surface area is 117 Å². The number of thiazole rings is 1. The monoisotopic (exact) mass is 279 g/mol. The maximum absolute atomic E-state index is 6.16. The van der Waals surface area contributed by atoms with Crippen LogP contribution in [-0.4, -0.2) is 14.8 Å². The van der Waals surface area contributed by atoms with Gasteiger partial charge in [-0.05, 0) is 20.3 Å². The molecule has 2 rings (SSSR count). The van der Waals surface area contributed by atoms with E-state index < -0.39 is 0 Å². The summed E-state index contributed by atoms with van der Waals surface area (Å²) < 4.78 is 1.82. The number of nitrogens with one attached hydrogen (secondary N) is 1. The summed E-state index contributed by atoms with van der Waals surface area (Å²) >= 11 is 1.70. The summed E-state index contributed by atoms with van der Waals surface area (Å²) in [6.45, 7) is 6.28. The molecule has 0 spiro atoms. The van der Waals surface area contributed by atoms with E-state index in [9.17, 15) is 0 Å². The lowest BCUT2D eigenvalue weighted by Gasteiger charge is -2.13. The maximum Gasteiger partial charge on any atom is 0.148 e. The first kappa shape index (κ1) is 13.9. The third-order valence-corrected chi connectivity index (χ3v) is 4.11. The number of aryl methyl sites for hydroxylation is 3. The molecule has 0 amide bonds. The molecule has 0 radical (unpaired) electrons. The van der Waals surface area contributed by atoms with Gasteiger partial charge in [0, 0.05) is 18.1 Å². The molecule has 0 aliphatic carbocycles. The van der Waals surface area contributed by atoms with Crippen molar-refractivity contribution < 1.29 is 0 Å². The molecule has 2 aromatic rings. The molecular weight excluding hydrogens is 258 g/mol. The van der Waals surface area contributed by atoms with Crippen LogP contribution in [-0.2, 0) is 13.5 Å². The number of aromatic nitrogens is 3. The van der Waals surface area contributed by atoms with E-state index in [0.717, 1.165) is 35.0 Å². The molecule has 2 heterocycles. The molecular formula is C13H21N5S. The van der Waals surface area contributed by atoms with Crippen LogP contribution in [0.2, 0.25) is 0 Å². The average Bonchev–Trinajstić information content (AvgIpc) is 2.90. The molecule has 19 heavy (non-hydrogen) atoms. The summed E-state index contributed by atoms with van der Waals surface area (Å²) in [6, 6.07) is 0.130. The first-order valence-electron chi connectivity index (χ1n) is 6.53. The minimum Gasteiger partial charge on any atom is -0.394 e. The molecule has 1 atom stereocenters. The van der Waals surface area contributed by atoms with Gasteiger partial charge >= 0.3 is 0 Å². The molecule has 0 saturated heterocycles. The van der Waals surface area contributed by atoms with Crippen molar-refractivity contribution >= 4 is 22.8 Å². The second-order valence-electron chi connectivity index (χ2n) is 4.76. The minimum absolute atomic E-state index is 0.130. The Morgan fingerprint density at radius 3 is 2.84 bits per heavy atom. The predicted octanol–water partition coefficient (Wildman–Crippen LogP) is 2.89. The third kappa shape index (κ3) is 2.89. The fraction of sp³-hybridized carbons (Fsp3) is 0.538. The molecule has 1 unspecified atom stereocenters. The van der Waals surface area contributed by atoms with Crippen molar-refractivity contribution in [1.29, 1.82) is 0 Å². The average molecular weight is 279 g/mol. The van der Waals surface area contributed by atoms with Gasteiger partial charge in [-0.1, -0.05) is 13.3 Å². The second-order valence-corrected chi connectivity index (χ2v) is 6.02. The lowest BCUT2D eigenvalue weighted by Crippen LogP contribution is -2.11. The lowest BCUT2D eigenvalue weighted by molar-refractivity contribution is 0.724. The van der Waals surface area contributed by atoms with Crippen LogP contribution < -0.4 is 11.1 Å². The zero-order chi connectivity index (χ0) is 14.0. The molecule has 3 N–H and O–H groups in total. The lowest BCUT2D eigenvalue weighted by atomic mass is 10.2. The third-order valence-electron chi connectivity index (χ3n) is 3.01. The molecule has 0 bridgehead atoms. The van der Waals surface area contributed by atoms with Crippen LogP contribution in [0.3, 0.4) is 0 Å². The molecule has 2 aromatic heterocycles. The zero-order valence-corrected chi connectivity index (χ0v) is 12.7. The number of hydrogen-bond donors (Lipinski definition) is 2. The SMILES string of the molecule is CCCc1nn(C)c(NC(C)c2ncc(C)s2)c1N. The molecule has 0 aliphatic heterocycles. The van der Waals surface area contributed by atoms with Crippen LogP contribution in [0.1, 0.15) is 41.9 Å². The summed E-state index contributed by atoms with van der Waals surface area (Å²) in [5.41, 5.74) is 7.88. The van der Waals surface area contributed by atoms with Crippen LogP contribution in [0.4, 0.5) is 11.5 Å². The highest BCUT2D eigenvalue weighted by Gasteiger charge is 2.16. The van der Waals surface area contributed by atoms with Gasteiger partial charge in [0.05, 0.1) is 17.4 Å². The Hall–Kier alpha value is -1.56. The smallest absolute Gasteiger partial charge is 0.148 e. The van der Waals surface area contributed by atoms with Crippen molar-refractivity contribution in [3.8, 4) is 0 Å². The topological polar surface area (TPSA) is 68.8 Å². The minimum atomic E-state index is 0.130. The van der Waals surface area contributed by atoms with Gasteiger partial charge in [0.15, 0.2) is 0 Å². The summed E-state index contributed by atoms with van der Waals surface area (Å²) in [4.78, 5) is 5.62. The van der Waals surface area contributed by atoms with Crippen LogP contribution in [0.25, 0.3) is 0 Å². The van der Waals surface area contributed by atoms with Crippen LogP contribution in [0, 0.1) is 6.92 Å². The molecule has 0 saturated carbocycles. The Bertz CT molecular complexity index is 557. The van der Waals surface area contributed by atoms with Gasteiger partial charge in [0.25, 0.3) is 0 Å². The van der Waals surface area contributed by atoms with Gasteiger partial charge in [0.1, 0.15) is 10.8 Å². The summed E-state index contributed by atoms with van der Waals surface area (Å²) in [5, 5.41) is 8.94. The maximum atomic E-state index is 6.16. The van der Waals surface area contributed by atoms with Crippen molar-refractivity contribution in [2.45, 2.75) is 39.7 Å². The van der Waals surface area contributed by atoms with Gasteiger partial charge in [-0.3, -0.25) is 4.68 Å². The van der Waals surface area contributed by atoms with Gasteiger partial charge in [-0.25, -0.2) is 4.98 Å². The number of rotatable bonds is 5. The molecule has 6 heteroatoms. The number of anilines is 2. The Kier molecular flexibility index (Phi) is 4.09. The second kappa shape index (κ2) is 5.61. The first-order valence-corrected chi connectivity index (χ1v) is 7.34. The van der Waals surface area contributed by atoms with E-state index in [0.29, 0.717) is 0 Å². The molecule has 5 nitrogen and oxygen atoms in total. The van der Waals surface area contributed by atoms with Gasteiger partial charge in [-0.15, -0.1) is 11.3 Å².